The molecule has 1 unspecified atom stereocenters. The lowest BCUT2D eigenvalue weighted by Crippen LogP contribution is -2.59. The first-order valence-electron chi connectivity index (χ1n) is 4.96. The van der Waals surface area contributed by atoms with E-state index >= 15 is 0 Å². The minimum atomic E-state index is -0.907. The summed E-state index contributed by atoms with van der Waals surface area (Å²) in [6.07, 6.45) is -0.907. The number of aliphatic hydroxyl groups excluding tert-OH is 2. The Balaban J connectivity index is 2.08. The topological polar surface area (TPSA) is 90.8 Å². The van der Waals surface area contributed by atoms with Gasteiger partial charge in [0.2, 0.25) is 5.91 Å². The number of aliphatic hydroxyl groups is 2. The van der Waals surface area contributed by atoms with E-state index in [9.17, 15) is 4.79 Å². The molecule has 1 aliphatic heterocycles. The molecular formula is C9H18N2O4. The number of ether oxygens (including phenoxy) is 1. The van der Waals surface area contributed by atoms with Crippen LogP contribution in [0.4, 0.5) is 0 Å². The standard InChI is InChI=1S/C9H18N2O4/c1-9(5-10-6-9)15-4-8(14)11-2-7(13)3-12/h7,10,12-13H,2-6H2,1H3,(H,11,14). The molecule has 4 N–H and O–H groups in total. The van der Waals surface area contributed by atoms with E-state index in [1.54, 1.807) is 0 Å². The molecule has 0 radical (unpaired) electrons. The molecule has 1 heterocycles. The van der Waals surface area contributed by atoms with Crippen molar-refractivity contribution in [1.82, 2.24) is 10.6 Å². The van der Waals surface area contributed by atoms with Crippen LogP contribution < -0.4 is 10.6 Å². The number of nitrogens with one attached hydrogen (secondary N) is 2. The van der Waals surface area contributed by atoms with Crippen molar-refractivity contribution in [3.05, 3.63) is 0 Å². The van der Waals surface area contributed by atoms with Crippen LogP contribution in [-0.4, -0.2) is 60.7 Å². The van der Waals surface area contributed by atoms with Gasteiger partial charge in [0, 0.05) is 19.6 Å². The van der Waals surface area contributed by atoms with Crippen LogP contribution in [0.2, 0.25) is 0 Å². The van der Waals surface area contributed by atoms with Crippen LogP contribution in [0, 0.1) is 0 Å². The van der Waals surface area contributed by atoms with Crippen LogP contribution in [0.15, 0.2) is 0 Å². The summed E-state index contributed by atoms with van der Waals surface area (Å²) >= 11 is 0. The number of carbonyl (C=O) groups is 1. The second-order valence-corrected chi connectivity index (χ2v) is 3.98. The van der Waals surface area contributed by atoms with E-state index in [4.69, 9.17) is 14.9 Å². The van der Waals surface area contributed by atoms with Crippen LogP contribution in [-0.2, 0) is 9.53 Å². The zero-order valence-corrected chi connectivity index (χ0v) is 8.82. The molecule has 0 aliphatic carbocycles. The Labute approximate surface area is 88.6 Å². The fourth-order valence-electron chi connectivity index (χ4n) is 1.17. The van der Waals surface area contributed by atoms with E-state index in [2.05, 4.69) is 10.6 Å². The third-order valence-corrected chi connectivity index (χ3v) is 2.30. The highest BCUT2D eigenvalue weighted by molar-refractivity contribution is 5.77. The van der Waals surface area contributed by atoms with E-state index < -0.39 is 6.10 Å². The molecule has 0 bridgehead atoms. The van der Waals surface area contributed by atoms with Gasteiger partial charge in [-0.1, -0.05) is 0 Å². The maximum Gasteiger partial charge on any atom is 0.246 e. The molecule has 1 amide bonds. The van der Waals surface area contributed by atoms with Crippen LogP contribution in [0.3, 0.4) is 0 Å². The maximum absolute atomic E-state index is 11.2. The Morgan fingerprint density at radius 3 is 2.80 bits per heavy atom. The predicted molar refractivity (Wildman–Crippen MR) is 53.3 cm³/mol. The normalized spacial score (nSPS) is 20.5. The van der Waals surface area contributed by atoms with Gasteiger partial charge in [-0.3, -0.25) is 4.79 Å². The summed E-state index contributed by atoms with van der Waals surface area (Å²) in [5.41, 5.74) is -0.243. The third kappa shape index (κ3) is 4.13. The Bertz CT molecular complexity index is 218. The first-order chi connectivity index (χ1) is 7.06. The molecule has 1 aliphatic rings. The quantitative estimate of drug-likeness (QED) is 0.407. The van der Waals surface area contributed by atoms with Crippen molar-refractivity contribution in [3.8, 4) is 0 Å². The summed E-state index contributed by atoms with van der Waals surface area (Å²) in [5, 5.41) is 23.0. The monoisotopic (exact) mass is 218 g/mol. The molecule has 1 atom stereocenters. The Hall–Kier alpha value is -0.690. The highest BCUT2D eigenvalue weighted by atomic mass is 16.5. The molecule has 0 spiro atoms. The summed E-state index contributed by atoms with van der Waals surface area (Å²) in [4.78, 5) is 11.2. The molecule has 1 fully saturated rings. The van der Waals surface area contributed by atoms with E-state index in [-0.39, 0.29) is 31.3 Å². The molecule has 6 heteroatoms. The van der Waals surface area contributed by atoms with Gasteiger partial charge in [-0.05, 0) is 6.92 Å². The lowest BCUT2D eigenvalue weighted by molar-refractivity contribution is -0.136. The molecule has 0 saturated carbocycles. The largest absolute Gasteiger partial charge is 0.394 e. The minimum absolute atomic E-state index is 0.0175. The van der Waals surface area contributed by atoms with Gasteiger partial charge >= 0.3 is 0 Å². The SMILES string of the molecule is CC1(OCC(=O)NCC(O)CO)CNC1. The highest BCUT2D eigenvalue weighted by Crippen LogP contribution is 2.14. The molecule has 1 saturated heterocycles. The fraction of sp³-hybridized carbons (Fsp3) is 0.889. The molecule has 88 valence electrons. The van der Waals surface area contributed by atoms with Crippen molar-refractivity contribution in [2.75, 3.05) is 32.8 Å². The summed E-state index contributed by atoms with van der Waals surface area (Å²) in [7, 11) is 0. The second kappa shape index (κ2) is 5.41. The molecule has 0 aromatic carbocycles. The van der Waals surface area contributed by atoms with Crippen molar-refractivity contribution < 1.29 is 19.7 Å². The van der Waals surface area contributed by atoms with Crippen molar-refractivity contribution >= 4 is 5.91 Å². The van der Waals surface area contributed by atoms with Crippen molar-refractivity contribution in [3.63, 3.8) is 0 Å². The zero-order chi connectivity index (χ0) is 11.3. The summed E-state index contributed by atoms with van der Waals surface area (Å²) in [5.74, 6) is -0.282. The fourth-order valence-corrected chi connectivity index (χ4v) is 1.17. The van der Waals surface area contributed by atoms with Gasteiger partial charge in [0.1, 0.15) is 6.61 Å². The molecule has 1 rings (SSSR count). The minimum Gasteiger partial charge on any atom is -0.394 e. The average Bonchev–Trinajstić information content (AvgIpc) is 2.20. The average molecular weight is 218 g/mol. The van der Waals surface area contributed by atoms with Crippen molar-refractivity contribution in [2.45, 2.75) is 18.6 Å². The molecule has 6 nitrogen and oxygen atoms in total. The highest BCUT2D eigenvalue weighted by Gasteiger charge is 2.32. The number of amides is 1. The number of carbonyl (C=O) groups excluding carboxylic acids is 1. The number of rotatable bonds is 6. The Kier molecular flexibility index (Phi) is 4.46. The van der Waals surface area contributed by atoms with E-state index in [0.29, 0.717) is 0 Å². The number of hydrogen-bond acceptors (Lipinski definition) is 5. The lowest BCUT2D eigenvalue weighted by atomic mass is 10.0. The van der Waals surface area contributed by atoms with Crippen molar-refractivity contribution in [1.29, 1.82) is 0 Å². The molecule has 0 aromatic heterocycles. The van der Waals surface area contributed by atoms with Gasteiger partial charge in [0.05, 0.1) is 18.3 Å². The van der Waals surface area contributed by atoms with Crippen LogP contribution in [0.25, 0.3) is 0 Å². The summed E-state index contributed by atoms with van der Waals surface area (Å²) in [6, 6.07) is 0. The van der Waals surface area contributed by atoms with Gasteiger partial charge in [-0.15, -0.1) is 0 Å². The number of hydrogen-bond donors (Lipinski definition) is 4. The van der Waals surface area contributed by atoms with Gasteiger partial charge in [-0.25, -0.2) is 0 Å². The first-order valence-corrected chi connectivity index (χ1v) is 4.96. The van der Waals surface area contributed by atoms with E-state index in [1.807, 2.05) is 6.92 Å². The van der Waals surface area contributed by atoms with Crippen LogP contribution in [0.1, 0.15) is 6.92 Å². The van der Waals surface area contributed by atoms with Gasteiger partial charge in [0.15, 0.2) is 0 Å². The van der Waals surface area contributed by atoms with Gasteiger partial charge < -0.3 is 25.6 Å². The van der Waals surface area contributed by atoms with Gasteiger partial charge in [0.25, 0.3) is 0 Å². The predicted octanol–water partition coefficient (Wildman–Crippen LogP) is -2.17. The lowest BCUT2D eigenvalue weighted by Gasteiger charge is -2.38. The molecule has 15 heavy (non-hydrogen) atoms. The molecule has 0 aromatic rings. The van der Waals surface area contributed by atoms with Crippen molar-refractivity contribution in [2.24, 2.45) is 0 Å². The van der Waals surface area contributed by atoms with Crippen LogP contribution in [0.5, 0.6) is 0 Å². The van der Waals surface area contributed by atoms with E-state index in [1.165, 1.54) is 0 Å². The smallest absolute Gasteiger partial charge is 0.246 e. The first kappa shape index (κ1) is 12.4. The Morgan fingerprint density at radius 2 is 2.33 bits per heavy atom. The zero-order valence-electron chi connectivity index (χ0n) is 8.82. The molecular weight excluding hydrogens is 200 g/mol. The third-order valence-electron chi connectivity index (χ3n) is 2.30. The maximum atomic E-state index is 11.2. The van der Waals surface area contributed by atoms with Crippen LogP contribution >= 0.6 is 0 Å². The Morgan fingerprint density at radius 1 is 1.67 bits per heavy atom. The summed E-state index contributed by atoms with van der Waals surface area (Å²) in [6.45, 7) is 3.10. The van der Waals surface area contributed by atoms with E-state index in [0.717, 1.165) is 13.1 Å². The second-order valence-electron chi connectivity index (χ2n) is 3.98. The van der Waals surface area contributed by atoms with Gasteiger partial charge in [-0.2, -0.15) is 0 Å². The summed E-state index contributed by atoms with van der Waals surface area (Å²) < 4.78 is 5.37.